The predicted molar refractivity (Wildman–Crippen MR) is 80.2 cm³/mol. The number of fused-ring (bicyclic) bond motifs is 1. The van der Waals surface area contributed by atoms with Gasteiger partial charge in [0.05, 0.1) is 13.2 Å². The second-order valence-corrected chi connectivity index (χ2v) is 6.12. The lowest BCUT2D eigenvalue weighted by Crippen LogP contribution is -2.36. The van der Waals surface area contributed by atoms with Crippen molar-refractivity contribution in [2.45, 2.75) is 45.2 Å². The summed E-state index contributed by atoms with van der Waals surface area (Å²) < 4.78 is 11.5. The Morgan fingerprint density at radius 2 is 2.15 bits per heavy atom. The summed E-state index contributed by atoms with van der Waals surface area (Å²) >= 11 is 0. The number of rotatable bonds is 3. The van der Waals surface area contributed by atoms with E-state index in [9.17, 15) is 0 Å². The first kappa shape index (κ1) is 13.9. The Labute approximate surface area is 121 Å². The lowest BCUT2D eigenvalue weighted by atomic mass is 9.95. The van der Waals surface area contributed by atoms with Crippen LogP contribution in [0.1, 0.15) is 43.4 Å². The molecule has 1 fully saturated rings. The minimum Gasteiger partial charge on any atom is -0.493 e. The highest BCUT2D eigenvalue weighted by atomic mass is 16.5. The van der Waals surface area contributed by atoms with Crippen molar-refractivity contribution in [1.82, 2.24) is 5.32 Å². The molecule has 0 aliphatic carbocycles. The summed E-state index contributed by atoms with van der Waals surface area (Å²) in [5.74, 6) is 1.74. The van der Waals surface area contributed by atoms with Crippen LogP contribution in [-0.4, -0.2) is 25.9 Å². The molecular formula is C17H25NO2. The SMILES string of the molecule is Cc1cccc2c1OCCCC2NC(C)C1CCOC1. The molecule has 0 saturated carbocycles. The van der Waals surface area contributed by atoms with Crippen LogP contribution in [-0.2, 0) is 4.74 Å². The fourth-order valence-electron chi connectivity index (χ4n) is 3.34. The zero-order chi connectivity index (χ0) is 13.9. The monoisotopic (exact) mass is 275 g/mol. The van der Waals surface area contributed by atoms with Crippen LogP contribution >= 0.6 is 0 Å². The first-order chi connectivity index (χ1) is 9.75. The molecule has 0 aromatic heterocycles. The molecule has 2 aliphatic heterocycles. The maximum absolute atomic E-state index is 5.95. The van der Waals surface area contributed by atoms with Crippen LogP contribution in [0.15, 0.2) is 18.2 Å². The third-order valence-electron chi connectivity index (χ3n) is 4.64. The molecule has 1 N–H and O–H groups in total. The normalized spacial score (nSPS) is 27.5. The van der Waals surface area contributed by atoms with E-state index in [4.69, 9.17) is 9.47 Å². The van der Waals surface area contributed by atoms with Gasteiger partial charge in [0.2, 0.25) is 0 Å². The molecule has 3 rings (SSSR count). The summed E-state index contributed by atoms with van der Waals surface area (Å²) in [5, 5.41) is 3.82. The number of hydrogen-bond acceptors (Lipinski definition) is 3. The fourth-order valence-corrected chi connectivity index (χ4v) is 3.34. The molecule has 3 heteroatoms. The van der Waals surface area contributed by atoms with Gasteiger partial charge in [-0.25, -0.2) is 0 Å². The van der Waals surface area contributed by atoms with Crippen LogP contribution in [0.5, 0.6) is 5.75 Å². The maximum Gasteiger partial charge on any atom is 0.126 e. The van der Waals surface area contributed by atoms with Crippen LogP contribution in [0.25, 0.3) is 0 Å². The fraction of sp³-hybridized carbons (Fsp3) is 0.647. The standard InChI is InChI=1S/C17H25NO2/c1-12-5-3-6-15-16(7-4-9-20-17(12)15)18-13(2)14-8-10-19-11-14/h3,5-6,13-14,16,18H,4,7-11H2,1-2H3. The van der Waals surface area contributed by atoms with E-state index in [2.05, 4.69) is 37.4 Å². The van der Waals surface area contributed by atoms with E-state index in [-0.39, 0.29) is 0 Å². The molecule has 110 valence electrons. The number of nitrogens with one attached hydrogen (secondary N) is 1. The van der Waals surface area contributed by atoms with E-state index in [1.54, 1.807) is 0 Å². The van der Waals surface area contributed by atoms with Crippen molar-refractivity contribution in [1.29, 1.82) is 0 Å². The van der Waals surface area contributed by atoms with E-state index in [0.717, 1.165) is 38.4 Å². The van der Waals surface area contributed by atoms with Crippen molar-refractivity contribution in [3.05, 3.63) is 29.3 Å². The van der Waals surface area contributed by atoms with Gasteiger partial charge in [-0.2, -0.15) is 0 Å². The van der Waals surface area contributed by atoms with Crippen LogP contribution < -0.4 is 10.1 Å². The van der Waals surface area contributed by atoms with Crippen molar-refractivity contribution in [3.63, 3.8) is 0 Å². The van der Waals surface area contributed by atoms with E-state index >= 15 is 0 Å². The van der Waals surface area contributed by atoms with Crippen molar-refractivity contribution in [3.8, 4) is 5.75 Å². The van der Waals surface area contributed by atoms with Gasteiger partial charge in [-0.1, -0.05) is 18.2 Å². The molecule has 1 aromatic rings. The third-order valence-corrected chi connectivity index (χ3v) is 4.64. The zero-order valence-corrected chi connectivity index (χ0v) is 12.5. The Bertz CT molecular complexity index is 454. The molecule has 2 heterocycles. The minimum atomic E-state index is 0.406. The lowest BCUT2D eigenvalue weighted by molar-refractivity contribution is 0.176. The smallest absolute Gasteiger partial charge is 0.126 e. The summed E-state index contributed by atoms with van der Waals surface area (Å²) in [7, 11) is 0. The van der Waals surface area contributed by atoms with Gasteiger partial charge in [-0.3, -0.25) is 0 Å². The number of aryl methyl sites for hydroxylation is 1. The van der Waals surface area contributed by atoms with Gasteiger partial charge in [-0.15, -0.1) is 0 Å². The molecule has 0 radical (unpaired) electrons. The molecule has 3 unspecified atom stereocenters. The Kier molecular flexibility index (Phi) is 4.27. The van der Waals surface area contributed by atoms with Gasteiger partial charge in [0.15, 0.2) is 0 Å². The highest BCUT2D eigenvalue weighted by Gasteiger charge is 2.27. The summed E-state index contributed by atoms with van der Waals surface area (Å²) in [5.41, 5.74) is 2.57. The van der Waals surface area contributed by atoms with E-state index in [1.165, 1.54) is 17.5 Å². The van der Waals surface area contributed by atoms with Gasteiger partial charge >= 0.3 is 0 Å². The van der Waals surface area contributed by atoms with Crippen molar-refractivity contribution < 1.29 is 9.47 Å². The molecule has 3 atom stereocenters. The largest absolute Gasteiger partial charge is 0.493 e. The Balaban J connectivity index is 1.77. The van der Waals surface area contributed by atoms with Gasteiger partial charge in [-0.05, 0) is 44.6 Å². The molecule has 0 amide bonds. The molecule has 0 spiro atoms. The Hall–Kier alpha value is -1.06. The second kappa shape index (κ2) is 6.15. The molecule has 1 aromatic carbocycles. The van der Waals surface area contributed by atoms with Gasteiger partial charge in [0, 0.05) is 24.3 Å². The van der Waals surface area contributed by atoms with Gasteiger partial charge < -0.3 is 14.8 Å². The summed E-state index contributed by atoms with van der Waals surface area (Å²) in [6.07, 6.45) is 3.44. The van der Waals surface area contributed by atoms with Crippen molar-refractivity contribution in [2.75, 3.05) is 19.8 Å². The van der Waals surface area contributed by atoms with Crippen LogP contribution in [0.3, 0.4) is 0 Å². The predicted octanol–water partition coefficient (Wildman–Crippen LogP) is 3.22. The van der Waals surface area contributed by atoms with Crippen LogP contribution in [0, 0.1) is 12.8 Å². The average Bonchev–Trinajstić information content (AvgIpc) is 2.90. The zero-order valence-electron chi connectivity index (χ0n) is 12.5. The Morgan fingerprint density at radius 1 is 1.25 bits per heavy atom. The topological polar surface area (TPSA) is 30.5 Å². The quantitative estimate of drug-likeness (QED) is 0.918. The first-order valence-electron chi connectivity index (χ1n) is 7.82. The first-order valence-corrected chi connectivity index (χ1v) is 7.82. The number of para-hydroxylation sites is 1. The summed E-state index contributed by atoms with van der Waals surface area (Å²) in [4.78, 5) is 0. The van der Waals surface area contributed by atoms with Crippen molar-refractivity contribution in [2.24, 2.45) is 5.92 Å². The Morgan fingerprint density at radius 3 is 2.95 bits per heavy atom. The van der Waals surface area contributed by atoms with Gasteiger partial charge in [0.25, 0.3) is 0 Å². The van der Waals surface area contributed by atoms with E-state index in [1.807, 2.05) is 0 Å². The highest BCUT2D eigenvalue weighted by Crippen LogP contribution is 2.34. The maximum atomic E-state index is 5.95. The average molecular weight is 275 g/mol. The molecular weight excluding hydrogens is 250 g/mol. The number of ether oxygens (including phenoxy) is 2. The van der Waals surface area contributed by atoms with Crippen LogP contribution in [0.2, 0.25) is 0 Å². The highest BCUT2D eigenvalue weighted by molar-refractivity contribution is 5.43. The molecule has 0 bridgehead atoms. The lowest BCUT2D eigenvalue weighted by Gasteiger charge is -2.26. The molecule has 2 aliphatic rings. The molecule has 20 heavy (non-hydrogen) atoms. The second-order valence-electron chi connectivity index (χ2n) is 6.12. The summed E-state index contributed by atoms with van der Waals surface area (Å²) in [6, 6.07) is 7.39. The van der Waals surface area contributed by atoms with Gasteiger partial charge in [0.1, 0.15) is 5.75 Å². The van der Waals surface area contributed by atoms with Crippen LogP contribution in [0.4, 0.5) is 0 Å². The molecule has 1 saturated heterocycles. The number of hydrogen-bond donors (Lipinski definition) is 1. The number of benzene rings is 1. The summed E-state index contributed by atoms with van der Waals surface area (Å²) in [6.45, 7) is 7.07. The van der Waals surface area contributed by atoms with E-state index in [0.29, 0.717) is 18.0 Å². The third kappa shape index (κ3) is 2.84. The van der Waals surface area contributed by atoms with Crippen molar-refractivity contribution >= 4 is 0 Å². The molecule has 3 nitrogen and oxygen atoms in total. The van der Waals surface area contributed by atoms with E-state index < -0.39 is 0 Å². The minimum absolute atomic E-state index is 0.406.